The van der Waals surface area contributed by atoms with E-state index >= 15 is 0 Å². The third-order valence-electron chi connectivity index (χ3n) is 6.46. The summed E-state index contributed by atoms with van der Waals surface area (Å²) in [6, 6.07) is 19.4. The lowest BCUT2D eigenvalue weighted by Gasteiger charge is -2.16. The Morgan fingerprint density at radius 2 is 1.61 bits per heavy atom. The number of hydrogen-bond donors (Lipinski definition) is 0. The second kappa shape index (κ2) is 6.84. The Hall–Kier alpha value is -4.32. The number of nitrogens with zero attached hydrogens (tertiary/aromatic N) is 4. The van der Waals surface area contributed by atoms with Crippen LogP contribution >= 0.6 is 0 Å². The molecule has 6 heteroatoms. The minimum absolute atomic E-state index is 0.308. The number of anilines is 1. The van der Waals surface area contributed by atoms with Crippen LogP contribution in [0.1, 0.15) is 37.5 Å². The predicted molar refractivity (Wildman–Crippen MR) is 128 cm³/mol. The SMILES string of the molecule is Cc1ccc(-n2nc(C)c3c4c(cnc32)C(=O)N(c2cccc3ccccc23)C4=O)cc1C. The summed E-state index contributed by atoms with van der Waals surface area (Å²) in [7, 11) is 0. The van der Waals surface area contributed by atoms with E-state index < -0.39 is 0 Å². The fourth-order valence-electron chi connectivity index (χ4n) is 4.62. The van der Waals surface area contributed by atoms with Gasteiger partial charge in [-0.1, -0.05) is 42.5 Å². The van der Waals surface area contributed by atoms with Crippen molar-refractivity contribution in [3.63, 3.8) is 0 Å². The number of pyridine rings is 1. The van der Waals surface area contributed by atoms with Crippen molar-refractivity contribution in [3.8, 4) is 5.69 Å². The molecule has 160 valence electrons. The molecule has 3 aromatic carbocycles. The van der Waals surface area contributed by atoms with Crippen LogP contribution in [0, 0.1) is 20.8 Å². The molecular formula is C27H20N4O2. The van der Waals surface area contributed by atoms with Crippen molar-refractivity contribution in [3.05, 3.63) is 94.8 Å². The molecule has 2 aromatic heterocycles. The molecular weight excluding hydrogens is 412 g/mol. The molecule has 0 radical (unpaired) electrons. The van der Waals surface area contributed by atoms with Crippen molar-refractivity contribution in [1.82, 2.24) is 14.8 Å². The fourth-order valence-corrected chi connectivity index (χ4v) is 4.62. The zero-order valence-electron chi connectivity index (χ0n) is 18.5. The summed E-state index contributed by atoms with van der Waals surface area (Å²) in [6.45, 7) is 5.95. The van der Waals surface area contributed by atoms with Crippen LogP contribution in [0.25, 0.3) is 27.5 Å². The van der Waals surface area contributed by atoms with Crippen molar-refractivity contribution in [1.29, 1.82) is 0 Å². The highest BCUT2D eigenvalue weighted by Crippen LogP contribution is 2.37. The number of imide groups is 1. The Kier molecular flexibility index (Phi) is 4.01. The number of carbonyl (C=O) groups is 2. The van der Waals surface area contributed by atoms with E-state index in [1.54, 1.807) is 10.7 Å². The second-order valence-corrected chi connectivity index (χ2v) is 8.46. The lowest BCUT2D eigenvalue weighted by atomic mass is 10.1. The molecule has 1 aliphatic rings. The standard InChI is InChI=1S/C27H20N4O2/c1-15-11-12-19(13-16(15)2)31-25-23(17(3)29-31)24-21(14-28-25)26(32)30(27(24)33)22-10-6-8-18-7-4-5-9-20(18)22/h4-14H,1-3H3. The Morgan fingerprint density at radius 1 is 0.818 bits per heavy atom. The van der Waals surface area contributed by atoms with Gasteiger partial charge in [0.25, 0.3) is 11.8 Å². The summed E-state index contributed by atoms with van der Waals surface area (Å²) < 4.78 is 1.75. The maximum Gasteiger partial charge on any atom is 0.267 e. The highest BCUT2D eigenvalue weighted by molar-refractivity contribution is 6.38. The maximum atomic E-state index is 13.7. The van der Waals surface area contributed by atoms with Gasteiger partial charge in [-0.2, -0.15) is 5.10 Å². The van der Waals surface area contributed by atoms with E-state index in [1.807, 2.05) is 68.4 Å². The van der Waals surface area contributed by atoms with E-state index in [2.05, 4.69) is 17.0 Å². The van der Waals surface area contributed by atoms with Crippen LogP contribution < -0.4 is 4.90 Å². The Morgan fingerprint density at radius 3 is 2.42 bits per heavy atom. The normalized spacial score (nSPS) is 13.4. The molecule has 0 saturated carbocycles. The fraction of sp³-hybridized carbons (Fsp3) is 0.111. The molecule has 0 saturated heterocycles. The molecule has 0 fully saturated rings. The van der Waals surface area contributed by atoms with Crippen molar-refractivity contribution in [2.24, 2.45) is 0 Å². The summed E-state index contributed by atoms with van der Waals surface area (Å²) in [6.07, 6.45) is 1.50. The minimum Gasteiger partial charge on any atom is -0.268 e. The number of benzene rings is 3. The number of fused-ring (bicyclic) bond motifs is 4. The van der Waals surface area contributed by atoms with E-state index in [-0.39, 0.29) is 11.8 Å². The Balaban J connectivity index is 1.56. The van der Waals surface area contributed by atoms with Crippen LogP contribution in [-0.4, -0.2) is 26.6 Å². The summed E-state index contributed by atoms with van der Waals surface area (Å²) in [5, 5.41) is 7.12. The van der Waals surface area contributed by atoms with Gasteiger partial charge in [0.15, 0.2) is 5.65 Å². The number of hydrogen-bond acceptors (Lipinski definition) is 4. The first-order valence-corrected chi connectivity index (χ1v) is 10.8. The van der Waals surface area contributed by atoms with Crippen LogP contribution in [0.3, 0.4) is 0 Å². The lowest BCUT2D eigenvalue weighted by molar-refractivity contribution is 0.0927. The highest BCUT2D eigenvalue weighted by Gasteiger charge is 2.40. The number of carbonyl (C=O) groups excluding carboxylic acids is 2. The molecule has 33 heavy (non-hydrogen) atoms. The number of amides is 2. The number of rotatable bonds is 2. The Labute approximate surface area is 190 Å². The molecule has 0 bridgehead atoms. The molecule has 2 amide bonds. The van der Waals surface area contributed by atoms with Gasteiger partial charge in [0, 0.05) is 11.6 Å². The molecule has 6 nitrogen and oxygen atoms in total. The van der Waals surface area contributed by atoms with Gasteiger partial charge in [-0.15, -0.1) is 0 Å². The smallest absolute Gasteiger partial charge is 0.267 e. The maximum absolute atomic E-state index is 13.7. The molecule has 5 aromatic rings. The average Bonchev–Trinajstić information content (AvgIpc) is 3.29. The molecule has 0 unspecified atom stereocenters. The van der Waals surface area contributed by atoms with Crippen LogP contribution in [0.4, 0.5) is 5.69 Å². The van der Waals surface area contributed by atoms with Gasteiger partial charge in [0.2, 0.25) is 0 Å². The van der Waals surface area contributed by atoms with Gasteiger partial charge in [-0.3, -0.25) is 9.59 Å². The van der Waals surface area contributed by atoms with Crippen molar-refractivity contribution in [2.75, 3.05) is 4.90 Å². The van der Waals surface area contributed by atoms with Gasteiger partial charge in [0.05, 0.1) is 33.6 Å². The highest BCUT2D eigenvalue weighted by atomic mass is 16.2. The summed E-state index contributed by atoms with van der Waals surface area (Å²) in [4.78, 5) is 32.9. The number of aryl methyl sites for hydroxylation is 3. The van der Waals surface area contributed by atoms with E-state index in [0.717, 1.165) is 22.0 Å². The van der Waals surface area contributed by atoms with Gasteiger partial charge >= 0.3 is 0 Å². The molecule has 3 heterocycles. The van der Waals surface area contributed by atoms with Crippen LogP contribution in [0.2, 0.25) is 0 Å². The largest absolute Gasteiger partial charge is 0.268 e. The minimum atomic E-state index is -0.362. The second-order valence-electron chi connectivity index (χ2n) is 8.46. The van der Waals surface area contributed by atoms with E-state index in [0.29, 0.717) is 33.5 Å². The van der Waals surface area contributed by atoms with Gasteiger partial charge in [-0.05, 0) is 55.5 Å². The van der Waals surface area contributed by atoms with Crippen molar-refractivity contribution < 1.29 is 9.59 Å². The van der Waals surface area contributed by atoms with Gasteiger partial charge in [-0.25, -0.2) is 14.6 Å². The first-order chi connectivity index (χ1) is 16.0. The quantitative estimate of drug-likeness (QED) is 0.355. The van der Waals surface area contributed by atoms with Gasteiger partial charge < -0.3 is 0 Å². The van der Waals surface area contributed by atoms with E-state index in [4.69, 9.17) is 0 Å². The first kappa shape index (κ1) is 19.4. The summed E-state index contributed by atoms with van der Waals surface area (Å²) >= 11 is 0. The third kappa shape index (κ3) is 2.67. The molecule has 1 aliphatic heterocycles. The molecule has 6 rings (SSSR count). The zero-order chi connectivity index (χ0) is 22.9. The topological polar surface area (TPSA) is 68.1 Å². The Bertz CT molecular complexity index is 1640. The first-order valence-electron chi connectivity index (χ1n) is 10.8. The number of aromatic nitrogens is 3. The van der Waals surface area contributed by atoms with Crippen molar-refractivity contribution >= 4 is 39.3 Å². The van der Waals surface area contributed by atoms with Crippen LogP contribution in [0.15, 0.2) is 66.9 Å². The zero-order valence-corrected chi connectivity index (χ0v) is 18.5. The third-order valence-corrected chi connectivity index (χ3v) is 6.46. The van der Waals surface area contributed by atoms with Crippen LogP contribution in [0.5, 0.6) is 0 Å². The molecule has 0 N–H and O–H groups in total. The van der Waals surface area contributed by atoms with E-state index in [1.165, 1.54) is 16.7 Å². The summed E-state index contributed by atoms with van der Waals surface area (Å²) in [5.41, 5.74) is 5.67. The summed E-state index contributed by atoms with van der Waals surface area (Å²) in [5.74, 6) is -0.708. The predicted octanol–water partition coefficient (Wildman–Crippen LogP) is 5.30. The lowest BCUT2D eigenvalue weighted by Crippen LogP contribution is -2.29. The van der Waals surface area contributed by atoms with E-state index in [9.17, 15) is 9.59 Å². The monoisotopic (exact) mass is 432 g/mol. The van der Waals surface area contributed by atoms with Crippen LogP contribution in [-0.2, 0) is 0 Å². The van der Waals surface area contributed by atoms with Crippen molar-refractivity contribution in [2.45, 2.75) is 20.8 Å². The van der Waals surface area contributed by atoms with Gasteiger partial charge in [0.1, 0.15) is 0 Å². The average molecular weight is 432 g/mol. The molecule has 0 atom stereocenters. The molecule has 0 spiro atoms. The molecule has 0 aliphatic carbocycles.